The van der Waals surface area contributed by atoms with Gasteiger partial charge in [-0.3, -0.25) is 4.68 Å². The summed E-state index contributed by atoms with van der Waals surface area (Å²) in [5.74, 6) is 1.62. The second kappa shape index (κ2) is 4.20. The van der Waals surface area contributed by atoms with Crippen molar-refractivity contribution in [2.45, 2.75) is 32.6 Å². The van der Waals surface area contributed by atoms with Crippen LogP contribution in [0.3, 0.4) is 0 Å². The third-order valence-corrected chi connectivity index (χ3v) is 2.39. The van der Waals surface area contributed by atoms with Gasteiger partial charge in [-0.15, -0.1) is 5.10 Å². The van der Waals surface area contributed by atoms with E-state index in [4.69, 9.17) is 0 Å². The highest BCUT2D eigenvalue weighted by Gasteiger charge is 2.11. The molecule has 0 saturated heterocycles. The van der Waals surface area contributed by atoms with Gasteiger partial charge in [-0.05, 0) is 6.42 Å². The predicted molar refractivity (Wildman–Crippen MR) is 57.0 cm³/mol. The van der Waals surface area contributed by atoms with Crippen molar-refractivity contribution in [3.63, 3.8) is 0 Å². The third-order valence-electron chi connectivity index (χ3n) is 1.93. The molecule has 0 aromatic carbocycles. The Labute approximate surface area is 86.7 Å². The summed E-state index contributed by atoms with van der Waals surface area (Å²) in [6.07, 6.45) is 2.38. The van der Waals surface area contributed by atoms with Crippen molar-refractivity contribution in [2.24, 2.45) is 7.05 Å². The van der Waals surface area contributed by atoms with Gasteiger partial charge in [0.05, 0.1) is 0 Å². The van der Waals surface area contributed by atoms with Crippen LogP contribution in [0.25, 0.3) is 0 Å². The molecule has 1 unspecified atom stereocenters. The highest BCUT2D eigenvalue weighted by molar-refractivity contribution is 14.1. The lowest BCUT2D eigenvalue weighted by atomic mass is 10.1. The zero-order valence-corrected chi connectivity index (χ0v) is 9.87. The first kappa shape index (κ1) is 9.95. The van der Waals surface area contributed by atoms with E-state index in [9.17, 15) is 0 Å². The second-order valence-corrected chi connectivity index (χ2v) is 4.02. The molecular formula is C8H14IN3. The lowest BCUT2D eigenvalue weighted by molar-refractivity contribution is 0.579. The topological polar surface area (TPSA) is 30.7 Å². The number of hydrogen-bond acceptors (Lipinski definition) is 2. The summed E-state index contributed by atoms with van der Waals surface area (Å²) in [4.78, 5) is 4.37. The molecular weight excluding hydrogens is 265 g/mol. The normalized spacial score (nSPS) is 13.3. The molecule has 12 heavy (non-hydrogen) atoms. The molecule has 0 aliphatic heterocycles. The summed E-state index contributed by atoms with van der Waals surface area (Å²) in [5, 5.41) is 4.21. The molecule has 3 nitrogen and oxygen atoms in total. The zero-order chi connectivity index (χ0) is 9.14. The highest BCUT2D eigenvalue weighted by atomic mass is 127. The van der Waals surface area contributed by atoms with E-state index >= 15 is 0 Å². The molecule has 0 fully saturated rings. The Morgan fingerprint density at radius 2 is 2.25 bits per heavy atom. The van der Waals surface area contributed by atoms with Crippen molar-refractivity contribution in [1.82, 2.24) is 14.8 Å². The molecule has 1 atom stereocenters. The molecule has 4 heteroatoms. The SMILES string of the molecule is CCCC(C)c1nc(I)nn1C. The zero-order valence-electron chi connectivity index (χ0n) is 7.71. The first-order valence-electron chi connectivity index (χ1n) is 4.21. The van der Waals surface area contributed by atoms with E-state index in [2.05, 4.69) is 46.5 Å². The van der Waals surface area contributed by atoms with Crippen molar-refractivity contribution in [3.05, 3.63) is 9.66 Å². The van der Waals surface area contributed by atoms with Crippen LogP contribution in [-0.4, -0.2) is 14.8 Å². The van der Waals surface area contributed by atoms with Crippen LogP contribution in [0.1, 0.15) is 38.4 Å². The van der Waals surface area contributed by atoms with Crippen LogP contribution in [0, 0.1) is 3.83 Å². The van der Waals surface area contributed by atoms with Crippen LogP contribution in [0.4, 0.5) is 0 Å². The van der Waals surface area contributed by atoms with E-state index in [1.165, 1.54) is 12.8 Å². The van der Waals surface area contributed by atoms with E-state index in [-0.39, 0.29) is 0 Å². The smallest absolute Gasteiger partial charge is 0.211 e. The molecule has 0 amide bonds. The molecule has 0 aliphatic carbocycles. The minimum Gasteiger partial charge on any atom is -0.252 e. The van der Waals surface area contributed by atoms with Crippen molar-refractivity contribution in [2.75, 3.05) is 0 Å². The van der Waals surface area contributed by atoms with Gasteiger partial charge in [0.15, 0.2) is 0 Å². The van der Waals surface area contributed by atoms with Gasteiger partial charge < -0.3 is 0 Å². The summed E-state index contributed by atoms with van der Waals surface area (Å²) in [7, 11) is 1.96. The van der Waals surface area contributed by atoms with Crippen molar-refractivity contribution >= 4 is 22.6 Å². The second-order valence-electron chi connectivity index (χ2n) is 3.05. The lowest BCUT2D eigenvalue weighted by Crippen LogP contribution is -2.03. The maximum absolute atomic E-state index is 4.37. The molecule has 1 heterocycles. The van der Waals surface area contributed by atoms with Crippen LogP contribution in [0.2, 0.25) is 0 Å². The van der Waals surface area contributed by atoms with E-state index in [0.29, 0.717) is 5.92 Å². The molecule has 0 spiro atoms. The Kier molecular flexibility index (Phi) is 3.49. The third kappa shape index (κ3) is 2.18. The fourth-order valence-corrected chi connectivity index (χ4v) is 1.93. The molecule has 1 rings (SSSR count). The number of aromatic nitrogens is 3. The van der Waals surface area contributed by atoms with E-state index < -0.39 is 0 Å². The van der Waals surface area contributed by atoms with Crippen molar-refractivity contribution in [3.8, 4) is 0 Å². The Balaban J connectivity index is 2.79. The predicted octanol–water partition coefficient (Wildman–Crippen LogP) is 2.32. The summed E-state index contributed by atoms with van der Waals surface area (Å²) in [6.45, 7) is 4.39. The maximum atomic E-state index is 4.37. The van der Waals surface area contributed by atoms with Crippen LogP contribution in [0.15, 0.2) is 0 Å². The van der Waals surface area contributed by atoms with Gasteiger partial charge in [0.2, 0.25) is 3.83 Å². The van der Waals surface area contributed by atoms with Gasteiger partial charge in [-0.25, -0.2) is 4.98 Å². The first-order chi connectivity index (χ1) is 5.65. The average Bonchev–Trinajstić information content (AvgIpc) is 2.30. The molecule has 0 saturated carbocycles. The van der Waals surface area contributed by atoms with E-state index in [1.54, 1.807) is 0 Å². The highest BCUT2D eigenvalue weighted by Crippen LogP contribution is 2.18. The standard InChI is InChI=1S/C8H14IN3/c1-4-5-6(2)7-10-8(9)11-12(7)3/h6H,4-5H2,1-3H3. The van der Waals surface area contributed by atoms with Crippen LogP contribution < -0.4 is 0 Å². The molecule has 0 bridgehead atoms. The fourth-order valence-electron chi connectivity index (χ4n) is 1.36. The number of hydrogen-bond donors (Lipinski definition) is 0. The molecule has 68 valence electrons. The first-order valence-corrected chi connectivity index (χ1v) is 5.29. The summed E-state index contributed by atoms with van der Waals surface area (Å²) in [6, 6.07) is 0. The summed E-state index contributed by atoms with van der Waals surface area (Å²) < 4.78 is 2.72. The number of aryl methyl sites for hydroxylation is 1. The van der Waals surface area contributed by atoms with Gasteiger partial charge in [0, 0.05) is 35.6 Å². The minimum absolute atomic E-state index is 0.524. The van der Waals surface area contributed by atoms with Crippen molar-refractivity contribution in [1.29, 1.82) is 0 Å². The maximum Gasteiger partial charge on any atom is 0.211 e. The number of nitrogens with zero attached hydrogens (tertiary/aromatic N) is 3. The molecule has 1 aromatic rings. The molecule has 0 N–H and O–H groups in total. The molecule has 1 aromatic heterocycles. The van der Waals surface area contributed by atoms with Crippen molar-refractivity contribution < 1.29 is 0 Å². The fraction of sp³-hybridized carbons (Fsp3) is 0.750. The largest absolute Gasteiger partial charge is 0.252 e. The van der Waals surface area contributed by atoms with Gasteiger partial charge in [-0.1, -0.05) is 20.3 Å². The average molecular weight is 279 g/mol. The Hall–Kier alpha value is -0.130. The summed E-state index contributed by atoms with van der Waals surface area (Å²) >= 11 is 2.14. The summed E-state index contributed by atoms with van der Waals surface area (Å²) in [5.41, 5.74) is 0. The number of halogens is 1. The van der Waals surface area contributed by atoms with Crippen LogP contribution >= 0.6 is 22.6 Å². The monoisotopic (exact) mass is 279 g/mol. The van der Waals surface area contributed by atoms with Crippen LogP contribution in [0.5, 0.6) is 0 Å². The minimum atomic E-state index is 0.524. The van der Waals surface area contributed by atoms with Gasteiger partial charge in [-0.2, -0.15) is 0 Å². The Morgan fingerprint density at radius 3 is 2.67 bits per heavy atom. The Bertz CT molecular complexity index is 257. The van der Waals surface area contributed by atoms with E-state index in [0.717, 1.165) is 9.66 Å². The number of rotatable bonds is 3. The van der Waals surface area contributed by atoms with E-state index in [1.807, 2.05) is 11.7 Å². The quantitative estimate of drug-likeness (QED) is 0.795. The Morgan fingerprint density at radius 1 is 1.58 bits per heavy atom. The molecule has 0 radical (unpaired) electrons. The van der Waals surface area contributed by atoms with Gasteiger partial charge in [0.25, 0.3) is 0 Å². The van der Waals surface area contributed by atoms with Gasteiger partial charge in [0.1, 0.15) is 5.82 Å². The molecule has 0 aliphatic rings. The van der Waals surface area contributed by atoms with Crippen LogP contribution in [-0.2, 0) is 7.05 Å². The van der Waals surface area contributed by atoms with Gasteiger partial charge >= 0.3 is 0 Å². The lowest BCUT2D eigenvalue weighted by Gasteiger charge is -2.07.